The fourth-order valence-electron chi connectivity index (χ4n) is 1.91. The maximum Gasteiger partial charge on any atom is 0.310 e. The zero-order valence-corrected chi connectivity index (χ0v) is 9.13. The van der Waals surface area contributed by atoms with Gasteiger partial charge in [0.25, 0.3) is 0 Å². The predicted octanol–water partition coefficient (Wildman–Crippen LogP) is 0.564. The van der Waals surface area contributed by atoms with Crippen molar-refractivity contribution in [2.24, 2.45) is 5.92 Å². The molecule has 0 bridgehead atoms. The third-order valence-electron chi connectivity index (χ3n) is 2.55. The summed E-state index contributed by atoms with van der Waals surface area (Å²) >= 11 is 0. The highest BCUT2D eigenvalue weighted by atomic mass is 16.5. The van der Waals surface area contributed by atoms with Crippen molar-refractivity contribution in [3.8, 4) is 0 Å². The van der Waals surface area contributed by atoms with Gasteiger partial charge in [-0.15, -0.1) is 0 Å². The SMILES string of the molecule is CCOC(=O)C1CNC(C)(COC)C1. The second-order valence-electron chi connectivity index (χ2n) is 4.03. The van der Waals surface area contributed by atoms with Crippen LogP contribution < -0.4 is 5.32 Å². The second kappa shape index (κ2) is 4.75. The number of nitrogens with one attached hydrogen (secondary N) is 1. The van der Waals surface area contributed by atoms with Crippen LogP contribution in [0, 0.1) is 5.92 Å². The van der Waals surface area contributed by atoms with E-state index in [1.807, 2.05) is 6.92 Å². The first-order valence-corrected chi connectivity index (χ1v) is 5.02. The summed E-state index contributed by atoms with van der Waals surface area (Å²) in [4.78, 5) is 11.4. The first-order chi connectivity index (χ1) is 6.61. The number of rotatable bonds is 4. The lowest BCUT2D eigenvalue weighted by Crippen LogP contribution is -2.40. The third-order valence-corrected chi connectivity index (χ3v) is 2.55. The lowest BCUT2D eigenvalue weighted by Gasteiger charge is -2.22. The normalized spacial score (nSPS) is 31.8. The summed E-state index contributed by atoms with van der Waals surface area (Å²) in [5.74, 6) is -0.116. The van der Waals surface area contributed by atoms with Gasteiger partial charge in [0.05, 0.1) is 19.1 Å². The van der Waals surface area contributed by atoms with Crippen molar-refractivity contribution in [1.29, 1.82) is 0 Å². The molecule has 1 aliphatic rings. The van der Waals surface area contributed by atoms with Crippen LogP contribution in [-0.4, -0.2) is 38.4 Å². The molecular weight excluding hydrogens is 182 g/mol. The van der Waals surface area contributed by atoms with Crippen LogP contribution in [0.4, 0.5) is 0 Å². The molecule has 2 unspecified atom stereocenters. The summed E-state index contributed by atoms with van der Waals surface area (Å²) < 4.78 is 10.1. The van der Waals surface area contributed by atoms with Gasteiger partial charge in [-0.3, -0.25) is 4.79 Å². The number of ether oxygens (including phenoxy) is 2. The predicted molar refractivity (Wildman–Crippen MR) is 53.0 cm³/mol. The molecule has 0 amide bonds. The van der Waals surface area contributed by atoms with E-state index in [9.17, 15) is 4.79 Å². The van der Waals surface area contributed by atoms with Gasteiger partial charge in [-0.25, -0.2) is 0 Å². The molecule has 0 aromatic rings. The molecule has 0 spiro atoms. The van der Waals surface area contributed by atoms with Crippen LogP contribution in [0.15, 0.2) is 0 Å². The number of methoxy groups -OCH3 is 1. The highest BCUT2D eigenvalue weighted by Gasteiger charge is 2.38. The lowest BCUT2D eigenvalue weighted by atomic mass is 9.96. The molecule has 1 fully saturated rings. The Bertz CT molecular complexity index is 208. The Morgan fingerprint density at radius 2 is 2.36 bits per heavy atom. The Hall–Kier alpha value is -0.610. The van der Waals surface area contributed by atoms with Crippen molar-refractivity contribution >= 4 is 5.97 Å². The third kappa shape index (κ3) is 2.69. The zero-order valence-electron chi connectivity index (χ0n) is 9.13. The summed E-state index contributed by atoms with van der Waals surface area (Å²) in [7, 11) is 1.67. The van der Waals surface area contributed by atoms with Gasteiger partial charge in [-0.1, -0.05) is 0 Å². The highest BCUT2D eigenvalue weighted by Crippen LogP contribution is 2.24. The molecule has 0 aliphatic carbocycles. The molecule has 14 heavy (non-hydrogen) atoms. The van der Waals surface area contributed by atoms with E-state index in [2.05, 4.69) is 12.2 Å². The standard InChI is InChI=1S/C10H19NO3/c1-4-14-9(12)8-5-10(2,7-13-3)11-6-8/h8,11H,4-7H2,1-3H3. The largest absolute Gasteiger partial charge is 0.466 e. The van der Waals surface area contributed by atoms with Gasteiger partial charge < -0.3 is 14.8 Å². The van der Waals surface area contributed by atoms with Crippen molar-refractivity contribution < 1.29 is 14.3 Å². The number of carbonyl (C=O) groups is 1. The van der Waals surface area contributed by atoms with Crippen LogP contribution >= 0.6 is 0 Å². The monoisotopic (exact) mass is 201 g/mol. The van der Waals surface area contributed by atoms with Crippen molar-refractivity contribution in [1.82, 2.24) is 5.32 Å². The lowest BCUT2D eigenvalue weighted by molar-refractivity contribution is -0.147. The van der Waals surface area contributed by atoms with E-state index < -0.39 is 0 Å². The van der Waals surface area contributed by atoms with Crippen molar-refractivity contribution in [3.05, 3.63) is 0 Å². The van der Waals surface area contributed by atoms with E-state index in [-0.39, 0.29) is 17.4 Å². The molecule has 82 valence electrons. The quantitative estimate of drug-likeness (QED) is 0.675. The Morgan fingerprint density at radius 1 is 1.64 bits per heavy atom. The van der Waals surface area contributed by atoms with Gasteiger partial charge in [0.2, 0.25) is 0 Å². The number of esters is 1. The molecule has 4 nitrogen and oxygen atoms in total. The van der Waals surface area contributed by atoms with Gasteiger partial charge in [-0.05, 0) is 20.3 Å². The van der Waals surface area contributed by atoms with Crippen LogP contribution in [0.3, 0.4) is 0 Å². The summed E-state index contributed by atoms with van der Waals surface area (Å²) in [6.07, 6.45) is 0.791. The van der Waals surface area contributed by atoms with Gasteiger partial charge in [-0.2, -0.15) is 0 Å². The van der Waals surface area contributed by atoms with Gasteiger partial charge in [0, 0.05) is 19.2 Å². The molecule has 4 heteroatoms. The van der Waals surface area contributed by atoms with Gasteiger partial charge in [0.15, 0.2) is 0 Å². The van der Waals surface area contributed by atoms with Gasteiger partial charge >= 0.3 is 5.97 Å². The molecule has 1 N–H and O–H groups in total. The summed E-state index contributed by atoms with van der Waals surface area (Å²) in [5.41, 5.74) is -0.0772. The number of carbonyl (C=O) groups excluding carboxylic acids is 1. The summed E-state index contributed by atoms with van der Waals surface area (Å²) in [6, 6.07) is 0. The smallest absolute Gasteiger partial charge is 0.310 e. The molecule has 1 aliphatic heterocycles. The number of hydrogen-bond donors (Lipinski definition) is 1. The first kappa shape index (κ1) is 11.5. The van der Waals surface area contributed by atoms with Crippen molar-refractivity contribution in [2.45, 2.75) is 25.8 Å². The highest BCUT2D eigenvalue weighted by molar-refractivity contribution is 5.73. The minimum Gasteiger partial charge on any atom is -0.466 e. The Kier molecular flexibility index (Phi) is 3.89. The van der Waals surface area contributed by atoms with E-state index in [1.54, 1.807) is 7.11 Å². The molecule has 1 rings (SSSR count). The average molecular weight is 201 g/mol. The Labute approximate surface area is 85.0 Å². The van der Waals surface area contributed by atoms with E-state index in [0.717, 1.165) is 6.42 Å². The summed E-state index contributed by atoms with van der Waals surface area (Å²) in [6.45, 7) is 5.67. The van der Waals surface area contributed by atoms with Gasteiger partial charge in [0.1, 0.15) is 0 Å². The fourth-order valence-corrected chi connectivity index (χ4v) is 1.91. The van der Waals surface area contributed by atoms with E-state index >= 15 is 0 Å². The second-order valence-corrected chi connectivity index (χ2v) is 4.03. The first-order valence-electron chi connectivity index (χ1n) is 5.02. The van der Waals surface area contributed by atoms with E-state index in [4.69, 9.17) is 9.47 Å². The molecular formula is C10H19NO3. The maximum absolute atomic E-state index is 11.4. The molecule has 0 aromatic heterocycles. The minimum absolute atomic E-state index is 0.0184. The number of hydrogen-bond acceptors (Lipinski definition) is 4. The Morgan fingerprint density at radius 3 is 2.93 bits per heavy atom. The van der Waals surface area contributed by atoms with Crippen LogP contribution in [0.1, 0.15) is 20.3 Å². The van der Waals surface area contributed by atoms with E-state index in [0.29, 0.717) is 19.8 Å². The molecule has 1 saturated heterocycles. The van der Waals surface area contributed by atoms with Crippen LogP contribution in [0.5, 0.6) is 0 Å². The van der Waals surface area contributed by atoms with E-state index in [1.165, 1.54) is 0 Å². The molecule has 1 heterocycles. The zero-order chi connectivity index (χ0) is 10.6. The minimum atomic E-state index is -0.0974. The summed E-state index contributed by atoms with van der Waals surface area (Å²) in [5, 5.41) is 3.30. The molecule has 0 saturated carbocycles. The molecule has 0 radical (unpaired) electrons. The van der Waals surface area contributed by atoms with Crippen LogP contribution in [-0.2, 0) is 14.3 Å². The maximum atomic E-state index is 11.4. The van der Waals surface area contributed by atoms with Crippen molar-refractivity contribution in [2.75, 3.05) is 26.9 Å². The van der Waals surface area contributed by atoms with Crippen molar-refractivity contribution in [3.63, 3.8) is 0 Å². The molecule has 0 aromatic carbocycles. The topological polar surface area (TPSA) is 47.6 Å². The molecule has 2 atom stereocenters. The Balaban J connectivity index is 2.43. The average Bonchev–Trinajstić information content (AvgIpc) is 2.49. The van der Waals surface area contributed by atoms with Crippen LogP contribution in [0.25, 0.3) is 0 Å². The van der Waals surface area contributed by atoms with Crippen LogP contribution in [0.2, 0.25) is 0 Å². The fraction of sp³-hybridized carbons (Fsp3) is 0.900.